The summed E-state index contributed by atoms with van der Waals surface area (Å²) in [6.45, 7) is 5.29. The fourth-order valence-electron chi connectivity index (χ4n) is 5.15. The molecular weight excluding hydrogens is 209 g/mol. The number of ether oxygens (including phenoxy) is 1. The first kappa shape index (κ1) is 11.7. The number of carbonyl (C=O) groups excluding carboxylic acids is 1. The molecule has 2 nitrogen and oxygen atoms in total. The van der Waals surface area contributed by atoms with Gasteiger partial charge in [-0.25, -0.2) is 0 Å². The molecule has 0 aromatic carbocycles. The molecule has 4 aliphatic rings. The molecule has 4 fully saturated rings. The minimum Gasteiger partial charge on any atom is -0.462 e. The first-order chi connectivity index (χ1) is 8.00. The van der Waals surface area contributed by atoms with E-state index >= 15 is 0 Å². The summed E-state index contributed by atoms with van der Waals surface area (Å²) in [6, 6.07) is 0. The van der Waals surface area contributed by atoms with E-state index in [0.717, 1.165) is 18.8 Å². The van der Waals surface area contributed by atoms with E-state index < -0.39 is 0 Å². The van der Waals surface area contributed by atoms with Crippen molar-refractivity contribution in [1.29, 1.82) is 0 Å². The average Bonchev–Trinajstić information content (AvgIpc) is 2.41. The molecule has 0 radical (unpaired) electrons. The minimum absolute atomic E-state index is 0.109. The Bertz CT molecular complexity index is 347. The molecule has 2 heterocycles. The molecule has 4 rings (SSSR count). The van der Waals surface area contributed by atoms with Gasteiger partial charge in [-0.3, -0.25) is 4.79 Å². The van der Waals surface area contributed by atoms with Crippen LogP contribution in [0.25, 0.3) is 0 Å². The topological polar surface area (TPSA) is 26.3 Å². The maximum absolute atomic E-state index is 12.3. The summed E-state index contributed by atoms with van der Waals surface area (Å²) in [4.78, 5) is 12.3. The van der Waals surface area contributed by atoms with E-state index in [1.54, 1.807) is 0 Å². The second-order valence-corrected chi connectivity index (χ2v) is 6.92. The third kappa shape index (κ3) is 1.53. The maximum atomic E-state index is 12.3. The Labute approximate surface area is 106 Å². The third-order valence-corrected chi connectivity index (χ3v) is 5.90. The molecular formula is C12H21B3O2. The van der Waals surface area contributed by atoms with Crippen LogP contribution in [0.2, 0.25) is 5.82 Å². The van der Waals surface area contributed by atoms with Crippen molar-refractivity contribution in [2.45, 2.75) is 38.6 Å². The highest BCUT2D eigenvalue weighted by Crippen LogP contribution is 2.58. The van der Waals surface area contributed by atoms with Crippen molar-refractivity contribution in [2.24, 2.45) is 29.6 Å². The van der Waals surface area contributed by atoms with Gasteiger partial charge in [-0.05, 0) is 36.5 Å². The fourth-order valence-corrected chi connectivity index (χ4v) is 5.15. The van der Waals surface area contributed by atoms with Gasteiger partial charge >= 0.3 is 5.97 Å². The fraction of sp³-hybridized carbons (Fsp3) is 0.917. The van der Waals surface area contributed by atoms with Gasteiger partial charge < -0.3 is 4.74 Å². The second kappa shape index (κ2) is 3.83. The maximum Gasteiger partial charge on any atom is 0.309 e. The summed E-state index contributed by atoms with van der Waals surface area (Å²) in [6.07, 6.45) is 2.46. The number of fused-ring (bicyclic) bond motifs is 1. The van der Waals surface area contributed by atoms with Gasteiger partial charge in [0.2, 0.25) is 0 Å². The van der Waals surface area contributed by atoms with Crippen molar-refractivity contribution in [3.8, 4) is 0 Å². The SMILES string of the molecule is BB(B)C1C2CC3CC(C2C)C(C)C1C(=O)O3. The average molecular weight is 230 g/mol. The normalized spacial score (nSPS) is 52.1. The molecule has 0 aromatic heterocycles. The molecule has 2 saturated carbocycles. The highest BCUT2D eigenvalue weighted by molar-refractivity contribution is 7.30. The molecule has 7 atom stereocenters. The lowest BCUT2D eigenvalue weighted by atomic mass is 9.11. The van der Waals surface area contributed by atoms with Gasteiger partial charge in [0.1, 0.15) is 6.10 Å². The van der Waals surface area contributed by atoms with Crippen LogP contribution in [0.3, 0.4) is 0 Å². The molecule has 5 heteroatoms. The van der Waals surface area contributed by atoms with Gasteiger partial charge in [-0.1, -0.05) is 19.7 Å². The molecule has 7 unspecified atom stereocenters. The molecule has 2 saturated heterocycles. The van der Waals surface area contributed by atoms with Crippen LogP contribution in [0.1, 0.15) is 26.7 Å². The van der Waals surface area contributed by atoms with Crippen molar-refractivity contribution in [1.82, 2.24) is 0 Å². The Kier molecular flexibility index (Phi) is 2.64. The number of rotatable bonds is 1. The van der Waals surface area contributed by atoms with Crippen LogP contribution in [0.15, 0.2) is 0 Å². The largest absolute Gasteiger partial charge is 0.462 e. The molecule has 90 valence electrons. The molecule has 0 aromatic rings. The minimum atomic E-state index is 0.109. The highest BCUT2D eigenvalue weighted by atomic mass is 16.5. The molecule has 0 N–H and O–H groups in total. The predicted octanol–water partition coefficient (Wildman–Crippen LogP) is -0.0354. The van der Waals surface area contributed by atoms with E-state index in [1.807, 2.05) is 0 Å². The van der Waals surface area contributed by atoms with Gasteiger partial charge in [-0.2, -0.15) is 0 Å². The summed E-state index contributed by atoms with van der Waals surface area (Å²) in [5.41, 5.74) is 0. The standard InChI is InChI=1S/C12H21B3O2/c1-5-8-3-7-4-9(5)11(15(13)14)10(6(8)2)12(16)17-7/h5-11H,3-4,13-14H2,1-2H3. The van der Waals surface area contributed by atoms with E-state index in [1.165, 1.54) is 0 Å². The Balaban J connectivity index is 2.05. The van der Waals surface area contributed by atoms with Crippen LogP contribution in [0.4, 0.5) is 0 Å². The highest BCUT2D eigenvalue weighted by Gasteiger charge is 2.57. The van der Waals surface area contributed by atoms with E-state index in [4.69, 9.17) is 4.74 Å². The van der Waals surface area contributed by atoms with Gasteiger partial charge in [0, 0.05) is 0 Å². The van der Waals surface area contributed by atoms with Crippen LogP contribution in [0, 0.1) is 29.6 Å². The molecule has 0 spiro atoms. The van der Waals surface area contributed by atoms with Crippen LogP contribution < -0.4 is 0 Å². The third-order valence-electron chi connectivity index (χ3n) is 5.90. The first-order valence-electron chi connectivity index (χ1n) is 7.21. The van der Waals surface area contributed by atoms with Gasteiger partial charge in [0.05, 0.1) is 27.9 Å². The Morgan fingerprint density at radius 1 is 1.18 bits per heavy atom. The lowest BCUT2D eigenvalue weighted by Gasteiger charge is -2.51. The van der Waals surface area contributed by atoms with Crippen molar-refractivity contribution >= 4 is 27.9 Å². The zero-order valence-corrected chi connectivity index (χ0v) is 11.3. The number of hydrogen-bond donors (Lipinski definition) is 0. The lowest BCUT2D eigenvalue weighted by Crippen LogP contribution is -2.50. The zero-order valence-electron chi connectivity index (χ0n) is 11.3. The smallest absolute Gasteiger partial charge is 0.309 e. The quantitative estimate of drug-likeness (QED) is 0.466. The summed E-state index contributed by atoms with van der Waals surface area (Å²) in [5, 5.41) is 0. The van der Waals surface area contributed by atoms with Crippen LogP contribution >= 0.6 is 0 Å². The van der Waals surface area contributed by atoms with Crippen LogP contribution in [0.5, 0.6) is 0 Å². The second-order valence-electron chi connectivity index (χ2n) is 6.92. The van der Waals surface area contributed by atoms with Gasteiger partial charge in [0.25, 0.3) is 0 Å². The first-order valence-corrected chi connectivity index (χ1v) is 7.21. The molecule has 17 heavy (non-hydrogen) atoms. The van der Waals surface area contributed by atoms with E-state index in [0.29, 0.717) is 30.1 Å². The van der Waals surface area contributed by atoms with E-state index in [9.17, 15) is 4.79 Å². The lowest BCUT2D eigenvalue weighted by molar-refractivity contribution is -0.152. The van der Waals surface area contributed by atoms with Crippen molar-refractivity contribution in [2.75, 3.05) is 0 Å². The van der Waals surface area contributed by atoms with Crippen molar-refractivity contribution in [3.63, 3.8) is 0 Å². The predicted molar refractivity (Wildman–Crippen MR) is 74.5 cm³/mol. The Hall–Kier alpha value is -0.335. The zero-order chi connectivity index (χ0) is 12.3. The van der Waals surface area contributed by atoms with Crippen molar-refractivity contribution in [3.05, 3.63) is 0 Å². The Morgan fingerprint density at radius 3 is 2.47 bits per heavy atom. The summed E-state index contributed by atoms with van der Waals surface area (Å²) < 4.78 is 5.70. The van der Waals surface area contributed by atoms with E-state index in [2.05, 4.69) is 29.3 Å². The van der Waals surface area contributed by atoms with Crippen LogP contribution in [-0.4, -0.2) is 34.0 Å². The monoisotopic (exact) mass is 230 g/mol. The summed E-state index contributed by atoms with van der Waals surface area (Å²) in [5.74, 6) is 3.56. The summed E-state index contributed by atoms with van der Waals surface area (Å²) in [7, 11) is 4.55. The van der Waals surface area contributed by atoms with Crippen molar-refractivity contribution < 1.29 is 9.53 Å². The number of carbonyl (C=O) groups is 1. The van der Waals surface area contributed by atoms with E-state index in [-0.39, 0.29) is 18.0 Å². The van der Waals surface area contributed by atoms with Gasteiger partial charge in [-0.15, -0.1) is 0 Å². The molecule has 2 aliphatic heterocycles. The Morgan fingerprint density at radius 2 is 1.82 bits per heavy atom. The molecule has 2 aliphatic carbocycles. The number of esters is 1. The summed E-state index contributed by atoms with van der Waals surface area (Å²) >= 11 is 0. The number of hydrogen-bond acceptors (Lipinski definition) is 2. The molecule has 4 bridgehead atoms. The molecule has 0 amide bonds. The van der Waals surface area contributed by atoms with Crippen LogP contribution in [-0.2, 0) is 9.53 Å². The van der Waals surface area contributed by atoms with Gasteiger partial charge in [0.15, 0.2) is 0 Å².